The molecule has 0 N–H and O–H groups in total. The largest absolute Gasteiger partial charge is 0.480 e. The number of hydrogen-bond acceptors (Lipinski definition) is 4. The minimum atomic E-state index is -0.0109. The van der Waals surface area contributed by atoms with Gasteiger partial charge < -0.3 is 4.74 Å². The van der Waals surface area contributed by atoms with Gasteiger partial charge in [0.05, 0.1) is 9.38 Å². The van der Waals surface area contributed by atoms with Crippen LogP contribution < -0.4 is 4.74 Å². The van der Waals surface area contributed by atoms with Crippen LogP contribution in [0.5, 0.6) is 5.75 Å². The van der Waals surface area contributed by atoms with E-state index in [1.54, 1.807) is 4.90 Å². The van der Waals surface area contributed by atoms with Crippen molar-refractivity contribution in [1.82, 2.24) is 4.90 Å². The molecule has 0 unspecified atom stereocenters. The fourth-order valence-corrected chi connectivity index (χ4v) is 3.99. The van der Waals surface area contributed by atoms with Crippen molar-refractivity contribution < 1.29 is 9.53 Å². The molecule has 1 fully saturated rings. The molecule has 2 rings (SSSR count). The van der Waals surface area contributed by atoms with Gasteiger partial charge in [0.2, 0.25) is 0 Å². The molecule has 132 valence electrons. The van der Waals surface area contributed by atoms with E-state index in [1.165, 1.54) is 11.8 Å². The minimum absolute atomic E-state index is 0.0109. The third-order valence-electron chi connectivity index (χ3n) is 3.29. The zero-order chi connectivity index (χ0) is 18.6. The molecule has 0 saturated carbocycles. The molecule has 4 nitrogen and oxygen atoms in total. The summed E-state index contributed by atoms with van der Waals surface area (Å²) >= 11 is 4.89. The van der Waals surface area contributed by atoms with Crippen LogP contribution in [0.25, 0.3) is 6.08 Å². The lowest BCUT2D eigenvalue weighted by Crippen LogP contribution is -2.35. The van der Waals surface area contributed by atoms with Crippen molar-refractivity contribution in [2.75, 3.05) is 6.61 Å². The topological polar surface area (TPSA) is 41.9 Å². The molecule has 0 atom stereocenters. The summed E-state index contributed by atoms with van der Waals surface area (Å²) in [4.78, 5) is 19.7. The van der Waals surface area contributed by atoms with Crippen LogP contribution in [-0.4, -0.2) is 34.7 Å². The van der Waals surface area contributed by atoms with Crippen LogP contribution in [0.2, 0.25) is 0 Å². The van der Waals surface area contributed by atoms with Crippen molar-refractivity contribution in [2.45, 2.75) is 39.8 Å². The molecule has 0 bridgehead atoms. The number of amidine groups is 1. The van der Waals surface area contributed by atoms with Crippen molar-refractivity contribution in [1.29, 1.82) is 0 Å². The van der Waals surface area contributed by atoms with Gasteiger partial charge in [-0.1, -0.05) is 12.0 Å². The van der Waals surface area contributed by atoms with Gasteiger partial charge in [-0.05, 0) is 79.2 Å². The lowest BCUT2D eigenvalue weighted by atomic mass is 10.2. The number of nitrogens with zero attached hydrogens (tertiary/aromatic N) is 2. The number of rotatable bonds is 5. The van der Waals surface area contributed by atoms with E-state index < -0.39 is 0 Å². The Labute approximate surface area is 161 Å². The minimum Gasteiger partial charge on any atom is -0.480 e. The lowest BCUT2D eigenvalue weighted by molar-refractivity contribution is -0.123. The highest BCUT2D eigenvalue weighted by Crippen LogP contribution is 2.35. The number of terminal acetylenes is 1. The van der Waals surface area contributed by atoms with Gasteiger partial charge in [-0.15, -0.1) is 6.42 Å². The number of halogens is 1. The molecule has 0 radical (unpaired) electrons. The molecule has 0 aromatic heterocycles. The van der Waals surface area contributed by atoms with Crippen LogP contribution in [-0.2, 0) is 4.79 Å². The molecule has 0 aliphatic carbocycles. The number of carbonyl (C=O) groups excluding carboxylic acids is 1. The number of benzene rings is 1. The normalized spacial score (nSPS) is 17.8. The van der Waals surface area contributed by atoms with Gasteiger partial charge in [0, 0.05) is 12.1 Å². The Bertz CT molecular complexity index is 763. The summed E-state index contributed by atoms with van der Waals surface area (Å²) in [5.41, 5.74) is 0.908. The summed E-state index contributed by atoms with van der Waals surface area (Å²) in [5.74, 6) is 3.10. The van der Waals surface area contributed by atoms with E-state index in [0.717, 1.165) is 15.2 Å². The standard InChI is InChI=1S/C19H21BrN2O2S/c1-6-9-24-16-8-7-14(10-15(16)20)11-17-18(23)22(13(4)5)19(25-17)21-12(2)3/h1,7-8,10-13H,9H2,2-5H3/b17-11+,21-19?. The highest BCUT2D eigenvalue weighted by molar-refractivity contribution is 9.10. The van der Waals surface area contributed by atoms with E-state index in [9.17, 15) is 4.79 Å². The van der Waals surface area contributed by atoms with Crippen LogP contribution in [0.3, 0.4) is 0 Å². The first-order valence-electron chi connectivity index (χ1n) is 8.00. The monoisotopic (exact) mass is 420 g/mol. The Hall–Kier alpha value is -1.71. The molecule has 1 aromatic carbocycles. The third-order valence-corrected chi connectivity index (χ3v) is 4.90. The molecular weight excluding hydrogens is 400 g/mol. The third kappa shape index (κ3) is 4.90. The summed E-state index contributed by atoms with van der Waals surface area (Å²) in [5, 5.41) is 0.759. The highest BCUT2D eigenvalue weighted by atomic mass is 79.9. The van der Waals surface area contributed by atoms with E-state index in [1.807, 2.05) is 52.0 Å². The van der Waals surface area contributed by atoms with E-state index >= 15 is 0 Å². The average Bonchev–Trinajstić information content (AvgIpc) is 2.81. The summed E-state index contributed by atoms with van der Waals surface area (Å²) in [6.45, 7) is 8.21. The smallest absolute Gasteiger partial charge is 0.266 e. The lowest BCUT2D eigenvalue weighted by Gasteiger charge is -2.20. The summed E-state index contributed by atoms with van der Waals surface area (Å²) in [7, 11) is 0. The van der Waals surface area contributed by atoms with Crippen molar-refractivity contribution in [3.8, 4) is 18.1 Å². The molecule has 1 heterocycles. The predicted molar refractivity (Wildman–Crippen MR) is 109 cm³/mol. The van der Waals surface area contributed by atoms with Crippen molar-refractivity contribution >= 4 is 44.8 Å². The van der Waals surface area contributed by atoms with Crippen LogP contribution in [0, 0.1) is 12.3 Å². The Morgan fingerprint density at radius 2 is 2.12 bits per heavy atom. The fourth-order valence-electron chi connectivity index (χ4n) is 2.25. The molecule has 1 aliphatic heterocycles. The molecule has 1 aromatic rings. The molecule has 25 heavy (non-hydrogen) atoms. The first-order valence-corrected chi connectivity index (χ1v) is 9.61. The summed E-state index contributed by atoms with van der Waals surface area (Å²) in [6.07, 6.45) is 7.09. The van der Waals surface area contributed by atoms with Gasteiger partial charge >= 0.3 is 0 Å². The Morgan fingerprint density at radius 3 is 2.68 bits per heavy atom. The highest BCUT2D eigenvalue weighted by Gasteiger charge is 2.35. The fraction of sp³-hybridized carbons (Fsp3) is 0.368. The van der Waals surface area contributed by atoms with Crippen LogP contribution in [0.15, 0.2) is 32.6 Å². The molecule has 6 heteroatoms. The number of amides is 1. The molecule has 1 amide bonds. The van der Waals surface area contributed by atoms with Crippen LogP contribution in [0.1, 0.15) is 33.3 Å². The number of carbonyl (C=O) groups is 1. The first-order chi connectivity index (χ1) is 11.8. The second-order valence-corrected chi connectivity index (χ2v) is 7.93. The van der Waals surface area contributed by atoms with Gasteiger partial charge in [0.1, 0.15) is 12.4 Å². The molecule has 1 saturated heterocycles. The van der Waals surface area contributed by atoms with E-state index in [2.05, 4.69) is 26.8 Å². The van der Waals surface area contributed by atoms with Gasteiger partial charge in [-0.2, -0.15) is 0 Å². The first kappa shape index (κ1) is 19.6. The van der Waals surface area contributed by atoms with Crippen molar-refractivity contribution in [2.24, 2.45) is 4.99 Å². The zero-order valence-corrected chi connectivity index (χ0v) is 17.1. The number of aliphatic imine (C=N–C) groups is 1. The number of thioether (sulfide) groups is 1. The molecule has 1 aliphatic rings. The summed E-state index contributed by atoms with van der Waals surface area (Å²) in [6, 6.07) is 5.84. The van der Waals surface area contributed by atoms with Crippen molar-refractivity contribution in [3.05, 3.63) is 33.1 Å². The average molecular weight is 421 g/mol. The van der Waals surface area contributed by atoms with E-state index in [0.29, 0.717) is 10.7 Å². The number of hydrogen-bond donors (Lipinski definition) is 0. The maximum absolute atomic E-state index is 12.7. The second-order valence-electron chi connectivity index (χ2n) is 6.07. The maximum Gasteiger partial charge on any atom is 0.266 e. The van der Waals surface area contributed by atoms with E-state index in [4.69, 9.17) is 11.2 Å². The van der Waals surface area contributed by atoms with Gasteiger partial charge in [0.25, 0.3) is 5.91 Å². The maximum atomic E-state index is 12.7. The van der Waals surface area contributed by atoms with Gasteiger partial charge in [-0.25, -0.2) is 0 Å². The Morgan fingerprint density at radius 1 is 1.40 bits per heavy atom. The predicted octanol–water partition coefficient (Wildman–Crippen LogP) is 4.55. The molecular formula is C19H21BrN2O2S. The number of ether oxygens (including phenoxy) is 1. The van der Waals surface area contributed by atoms with Crippen LogP contribution in [0.4, 0.5) is 0 Å². The van der Waals surface area contributed by atoms with Crippen LogP contribution >= 0.6 is 27.7 Å². The Kier molecular flexibility index (Phi) is 6.74. The van der Waals surface area contributed by atoms with E-state index in [-0.39, 0.29) is 24.6 Å². The summed E-state index contributed by atoms with van der Waals surface area (Å²) < 4.78 is 6.23. The quantitative estimate of drug-likeness (QED) is 0.518. The SMILES string of the molecule is C#CCOc1ccc(/C=C2/SC(=NC(C)C)N(C(C)C)C2=O)cc1Br. The zero-order valence-electron chi connectivity index (χ0n) is 14.7. The Balaban J connectivity index is 2.30. The van der Waals surface area contributed by atoms with Gasteiger partial charge in [-0.3, -0.25) is 14.7 Å². The van der Waals surface area contributed by atoms with Gasteiger partial charge in [0.15, 0.2) is 5.17 Å². The second kappa shape index (κ2) is 8.59. The molecule has 0 spiro atoms. The van der Waals surface area contributed by atoms with Crippen molar-refractivity contribution in [3.63, 3.8) is 0 Å².